The van der Waals surface area contributed by atoms with Gasteiger partial charge >= 0.3 is 0 Å². The molecule has 0 unspecified atom stereocenters. The standard InChI is InChI=1S/C26H18N4O4.Fe/c31-21-13-19-11-17-7-6-15(27-17)10-16-8-9-18(28-16)12-20-22(14-4-2-1-3-5-14)25(32)24(30(20)34)26(33)23(21)29-19;/h1-13,27,31-34H;. The van der Waals surface area contributed by atoms with E-state index in [1.807, 2.05) is 30.3 Å². The smallest absolute Gasteiger partial charge is 0.176 e. The molecular formula is C26H18FeN4O4. The summed E-state index contributed by atoms with van der Waals surface area (Å²) < 4.78 is 0.685. The summed E-state index contributed by atoms with van der Waals surface area (Å²) in [6.07, 6.45) is 5.03. The van der Waals surface area contributed by atoms with Crippen molar-refractivity contribution in [2.45, 2.75) is 0 Å². The van der Waals surface area contributed by atoms with Gasteiger partial charge in [0, 0.05) is 34.2 Å². The first-order chi connectivity index (χ1) is 16.5. The molecule has 0 amide bonds. The summed E-state index contributed by atoms with van der Waals surface area (Å²) >= 11 is 0. The molecule has 8 nitrogen and oxygen atoms in total. The molecule has 0 saturated carbocycles. The Labute approximate surface area is 209 Å². The Morgan fingerprint density at radius 3 is 2.11 bits per heavy atom. The quantitative estimate of drug-likeness (QED) is 0.155. The van der Waals surface area contributed by atoms with Crippen LogP contribution in [0.3, 0.4) is 0 Å². The number of fused-ring (bicyclic) bond motifs is 8. The van der Waals surface area contributed by atoms with E-state index in [1.165, 1.54) is 6.08 Å². The number of benzene rings is 1. The maximum atomic E-state index is 11.1. The van der Waals surface area contributed by atoms with E-state index in [1.54, 1.807) is 42.5 Å². The van der Waals surface area contributed by atoms with Gasteiger partial charge in [0.2, 0.25) is 0 Å². The summed E-state index contributed by atoms with van der Waals surface area (Å²) in [5, 5.41) is 43.7. The van der Waals surface area contributed by atoms with Gasteiger partial charge in [0.05, 0.1) is 28.2 Å². The molecule has 3 aromatic heterocycles. The number of nitrogens with zero attached hydrogens (tertiary/aromatic N) is 3. The topological polar surface area (TPSA) is 127 Å². The average Bonchev–Trinajstić information content (AvgIpc) is 3.58. The van der Waals surface area contributed by atoms with E-state index >= 15 is 0 Å². The molecule has 0 aliphatic carbocycles. The molecule has 0 spiro atoms. The first-order valence-electron chi connectivity index (χ1n) is 10.5. The normalized spacial score (nSPS) is 12.3. The Morgan fingerprint density at radius 2 is 1.40 bits per heavy atom. The Hall–Kier alpha value is -4.46. The van der Waals surface area contributed by atoms with Crippen LogP contribution in [0.1, 0.15) is 22.8 Å². The van der Waals surface area contributed by atoms with Gasteiger partial charge in [-0.25, -0.2) is 9.97 Å². The monoisotopic (exact) mass is 506 g/mol. The first kappa shape index (κ1) is 22.3. The van der Waals surface area contributed by atoms with Crippen molar-refractivity contribution in [3.63, 3.8) is 0 Å². The molecule has 35 heavy (non-hydrogen) atoms. The molecule has 4 aromatic rings. The van der Waals surface area contributed by atoms with Gasteiger partial charge in [0.25, 0.3) is 0 Å². The van der Waals surface area contributed by atoms with Crippen molar-refractivity contribution in [1.29, 1.82) is 0 Å². The van der Waals surface area contributed by atoms with Gasteiger partial charge in [-0.15, -0.1) is 0 Å². The SMILES string of the molecule is OC1=Cc2cc3ccc(cc4nc(cc5c(-c6ccccc6)c(O)c(c(O)c1n2)n5O)C=C4)[nH]3.[Fe]. The number of aliphatic hydroxyl groups excluding tert-OH is 1. The number of aliphatic hydroxyl groups is 1. The second-order valence-corrected chi connectivity index (χ2v) is 8.00. The van der Waals surface area contributed by atoms with E-state index in [4.69, 9.17) is 0 Å². The predicted octanol–water partition coefficient (Wildman–Crippen LogP) is 5.33. The molecule has 0 atom stereocenters. The number of H-pyrrole nitrogens is 1. The molecular weight excluding hydrogens is 488 g/mol. The second-order valence-electron chi connectivity index (χ2n) is 8.00. The third-order valence-electron chi connectivity index (χ3n) is 5.74. The maximum absolute atomic E-state index is 11.1. The number of rotatable bonds is 1. The van der Waals surface area contributed by atoms with Gasteiger partial charge in [-0.3, -0.25) is 0 Å². The van der Waals surface area contributed by atoms with Crippen LogP contribution < -0.4 is 0 Å². The van der Waals surface area contributed by atoms with E-state index in [2.05, 4.69) is 15.0 Å². The summed E-state index contributed by atoms with van der Waals surface area (Å²) in [7, 11) is 0. The van der Waals surface area contributed by atoms with E-state index in [9.17, 15) is 20.5 Å². The van der Waals surface area contributed by atoms with Crippen LogP contribution in [0.4, 0.5) is 0 Å². The minimum absolute atomic E-state index is 0. The molecule has 2 aliphatic heterocycles. The number of aromatic nitrogens is 4. The Kier molecular flexibility index (Phi) is 5.36. The van der Waals surface area contributed by atoms with Crippen molar-refractivity contribution in [1.82, 2.24) is 19.7 Å². The van der Waals surface area contributed by atoms with Crippen LogP contribution >= 0.6 is 0 Å². The van der Waals surface area contributed by atoms with Gasteiger partial charge in [-0.1, -0.05) is 30.3 Å². The summed E-state index contributed by atoms with van der Waals surface area (Å²) in [5.41, 5.74) is 3.87. The average molecular weight is 506 g/mol. The van der Waals surface area contributed by atoms with Gasteiger partial charge in [-0.2, -0.15) is 4.73 Å². The summed E-state index contributed by atoms with van der Waals surface area (Å²) in [6.45, 7) is 0. The van der Waals surface area contributed by atoms with Crippen molar-refractivity contribution < 1.29 is 37.6 Å². The fourth-order valence-corrected chi connectivity index (χ4v) is 4.20. The fraction of sp³-hybridized carbons (Fsp3) is 0. The van der Waals surface area contributed by atoms with Crippen LogP contribution in [0.5, 0.6) is 11.5 Å². The molecule has 5 heterocycles. The molecule has 0 fully saturated rings. The zero-order valence-electron chi connectivity index (χ0n) is 18.0. The molecule has 6 rings (SSSR count). The van der Waals surface area contributed by atoms with Crippen molar-refractivity contribution in [3.05, 3.63) is 83.4 Å². The molecule has 2 aliphatic rings. The van der Waals surface area contributed by atoms with Crippen LogP contribution in [-0.2, 0) is 17.1 Å². The number of nitrogens with one attached hydrogen (secondary N) is 1. The van der Waals surface area contributed by atoms with Crippen molar-refractivity contribution >= 4 is 46.1 Å². The summed E-state index contributed by atoms with van der Waals surface area (Å²) in [5.74, 6) is -1.22. The zero-order valence-corrected chi connectivity index (χ0v) is 19.1. The van der Waals surface area contributed by atoms with Crippen LogP contribution in [-0.4, -0.2) is 40.2 Å². The van der Waals surface area contributed by atoms with Crippen LogP contribution in [0.2, 0.25) is 0 Å². The van der Waals surface area contributed by atoms with Crippen LogP contribution in [0.15, 0.2) is 60.7 Å². The van der Waals surface area contributed by atoms with Crippen molar-refractivity contribution in [2.24, 2.45) is 0 Å². The van der Waals surface area contributed by atoms with E-state index < -0.39 is 5.75 Å². The number of aromatic hydroxyl groups is 2. The molecule has 174 valence electrons. The third kappa shape index (κ3) is 3.73. The van der Waals surface area contributed by atoms with Gasteiger partial charge in [0.1, 0.15) is 11.5 Å². The minimum Gasteiger partial charge on any atom is -0.505 e. The Morgan fingerprint density at radius 1 is 0.743 bits per heavy atom. The van der Waals surface area contributed by atoms with Gasteiger partial charge in [-0.05, 0) is 48.0 Å². The van der Waals surface area contributed by atoms with Crippen LogP contribution in [0, 0.1) is 0 Å². The summed E-state index contributed by atoms with van der Waals surface area (Å²) in [4.78, 5) is 12.1. The molecule has 5 N–H and O–H groups in total. The predicted molar refractivity (Wildman–Crippen MR) is 130 cm³/mol. The minimum atomic E-state index is -0.572. The Bertz CT molecular complexity index is 1700. The molecule has 0 radical (unpaired) electrons. The van der Waals surface area contributed by atoms with Gasteiger partial charge in [0.15, 0.2) is 17.0 Å². The zero-order chi connectivity index (χ0) is 23.4. The molecule has 0 saturated heterocycles. The summed E-state index contributed by atoms with van der Waals surface area (Å²) in [6, 6.07) is 17.9. The first-order valence-corrected chi connectivity index (χ1v) is 10.5. The van der Waals surface area contributed by atoms with Crippen molar-refractivity contribution in [3.8, 4) is 22.6 Å². The Balaban J connectivity index is 0.00000253. The van der Waals surface area contributed by atoms with Gasteiger partial charge < -0.3 is 25.5 Å². The fourth-order valence-electron chi connectivity index (χ4n) is 4.20. The van der Waals surface area contributed by atoms with Crippen LogP contribution in [0.25, 0.3) is 57.2 Å². The molecule has 8 bridgehead atoms. The number of hydrogen-bond acceptors (Lipinski definition) is 6. The maximum Gasteiger partial charge on any atom is 0.176 e. The number of hydrogen-bond donors (Lipinski definition) is 5. The van der Waals surface area contributed by atoms with E-state index in [-0.39, 0.29) is 45.3 Å². The molecule has 1 aromatic carbocycles. The van der Waals surface area contributed by atoms with E-state index in [0.717, 1.165) is 11.0 Å². The third-order valence-corrected chi connectivity index (χ3v) is 5.74. The van der Waals surface area contributed by atoms with Crippen molar-refractivity contribution in [2.75, 3.05) is 0 Å². The second kappa shape index (κ2) is 8.39. The molecule has 9 heteroatoms. The number of aromatic amines is 1. The van der Waals surface area contributed by atoms with E-state index in [0.29, 0.717) is 32.9 Å². The largest absolute Gasteiger partial charge is 0.505 e.